The van der Waals surface area contributed by atoms with E-state index in [1.807, 2.05) is 27.7 Å². The van der Waals surface area contributed by atoms with Gasteiger partial charge in [0.15, 0.2) is 0 Å². The van der Waals surface area contributed by atoms with Gasteiger partial charge in [-0.1, -0.05) is 0 Å². The smallest absolute Gasteiger partial charge is 0.311 e. The summed E-state index contributed by atoms with van der Waals surface area (Å²) in [7, 11) is 0. The SMILES string of the molecule is CCOCCOCCOC(=O)C(C)(C)C. The predicted molar refractivity (Wildman–Crippen MR) is 57.7 cm³/mol. The lowest BCUT2D eigenvalue weighted by molar-refractivity contribution is -0.154. The second-order valence-electron chi connectivity index (χ2n) is 4.20. The number of hydrogen-bond acceptors (Lipinski definition) is 4. The van der Waals surface area contributed by atoms with Crippen LogP contribution in [0.5, 0.6) is 0 Å². The Morgan fingerprint density at radius 3 is 2.07 bits per heavy atom. The molecule has 15 heavy (non-hydrogen) atoms. The maximum absolute atomic E-state index is 11.3. The van der Waals surface area contributed by atoms with Gasteiger partial charge >= 0.3 is 5.97 Å². The van der Waals surface area contributed by atoms with Gasteiger partial charge in [-0.2, -0.15) is 0 Å². The van der Waals surface area contributed by atoms with Crippen LogP contribution in [0.25, 0.3) is 0 Å². The van der Waals surface area contributed by atoms with Crippen molar-refractivity contribution in [3.05, 3.63) is 0 Å². The molecule has 0 aromatic rings. The summed E-state index contributed by atoms with van der Waals surface area (Å²) in [5.41, 5.74) is -0.439. The molecule has 90 valence electrons. The van der Waals surface area contributed by atoms with Crippen LogP contribution in [0.15, 0.2) is 0 Å². The van der Waals surface area contributed by atoms with Crippen LogP contribution in [-0.4, -0.2) is 39.0 Å². The van der Waals surface area contributed by atoms with Gasteiger partial charge < -0.3 is 14.2 Å². The van der Waals surface area contributed by atoms with E-state index in [-0.39, 0.29) is 5.97 Å². The molecule has 0 bridgehead atoms. The molecule has 4 nitrogen and oxygen atoms in total. The van der Waals surface area contributed by atoms with Crippen LogP contribution in [0.1, 0.15) is 27.7 Å². The van der Waals surface area contributed by atoms with Crippen molar-refractivity contribution < 1.29 is 19.0 Å². The largest absolute Gasteiger partial charge is 0.463 e. The number of carbonyl (C=O) groups excluding carboxylic acids is 1. The zero-order valence-corrected chi connectivity index (χ0v) is 10.2. The van der Waals surface area contributed by atoms with Crippen molar-refractivity contribution in [1.82, 2.24) is 0 Å². The third-order valence-corrected chi connectivity index (χ3v) is 1.65. The van der Waals surface area contributed by atoms with Crippen molar-refractivity contribution in [1.29, 1.82) is 0 Å². The topological polar surface area (TPSA) is 44.8 Å². The molecule has 0 saturated carbocycles. The fourth-order valence-electron chi connectivity index (χ4n) is 0.774. The second kappa shape index (κ2) is 7.65. The highest BCUT2D eigenvalue weighted by atomic mass is 16.6. The van der Waals surface area contributed by atoms with Gasteiger partial charge in [-0.05, 0) is 27.7 Å². The van der Waals surface area contributed by atoms with Crippen LogP contribution >= 0.6 is 0 Å². The Kier molecular flexibility index (Phi) is 7.34. The molecule has 0 amide bonds. The lowest BCUT2D eigenvalue weighted by Crippen LogP contribution is -2.24. The molecule has 0 aliphatic heterocycles. The number of carbonyl (C=O) groups is 1. The number of rotatable bonds is 7. The van der Waals surface area contributed by atoms with Gasteiger partial charge in [0.05, 0.1) is 25.2 Å². The molecule has 0 aromatic heterocycles. The molecular formula is C11H22O4. The molecule has 0 heterocycles. The summed E-state index contributed by atoms with van der Waals surface area (Å²) in [5.74, 6) is -0.198. The number of hydrogen-bond donors (Lipinski definition) is 0. The first kappa shape index (κ1) is 14.4. The molecule has 0 aromatic carbocycles. The van der Waals surface area contributed by atoms with Crippen LogP contribution in [0.4, 0.5) is 0 Å². The van der Waals surface area contributed by atoms with Crippen LogP contribution in [0.2, 0.25) is 0 Å². The van der Waals surface area contributed by atoms with Crippen molar-refractivity contribution in [2.45, 2.75) is 27.7 Å². The lowest BCUT2D eigenvalue weighted by atomic mass is 9.97. The lowest BCUT2D eigenvalue weighted by Gasteiger charge is -2.16. The van der Waals surface area contributed by atoms with Gasteiger partial charge in [0.25, 0.3) is 0 Å². The van der Waals surface area contributed by atoms with Crippen molar-refractivity contribution in [3.63, 3.8) is 0 Å². The molecule has 0 spiro atoms. The van der Waals surface area contributed by atoms with E-state index in [2.05, 4.69) is 0 Å². The van der Waals surface area contributed by atoms with Gasteiger partial charge in [0, 0.05) is 6.61 Å². The fourth-order valence-corrected chi connectivity index (χ4v) is 0.774. The highest BCUT2D eigenvalue weighted by molar-refractivity contribution is 5.75. The third kappa shape index (κ3) is 8.39. The molecule has 0 radical (unpaired) electrons. The normalized spacial score (nSPS) is 11.5. The van der Waals surface area contributed by atoms with Crippen molar-refractivity contribution in [2.75, 3.05) is 33.0 Å². The predicted octanol–water partition coefficient (Wildman–Crippen LogP) is 1.63. The van der Waals surface area contributed by atoms with Crippen LogP contribution in [0.3, 0.4) is 0 Å². The van der Waals surface area contributed by atoms with Gasteiger partial charge in [-0.15, -0.1) is 0 Å². The van der Waals surface area contributed by atoms with Crippen molar-refractivity contribution in [2.24, 2.45) is 5.41 Å². The molecule has 0 aliphatic carbocycles. The first-order valence-corrected chi connectivity index (χ1v) is 5.31. The van der Waals surface area contributed by atoms with Gasteiger partial charge in [0.1, 0.15) is 6.61 Å². The zero-order chi connectivity index (χ0) is 11.7. The Hall–Kier alpha value is -0.610. The average Bonchev–Trinajstić information content (AvgIpc) is 2.14. The minimum Gasteiger partial charge on any atom is -0.463 e. The summed E-state index contributed by atoms with van der Waals surface area (Å²) in [4.78, 5) is 11.3. The van der Waals surface area contributed by atoms with Gasteiger partial charge in [-0.3, -0.25) is 4.79 Å². The zero-order valence-electron chi connectivity index (χ0n) is 10.2. The van der Waals surface area contributed by atoms with Crippen LogP contribution in [0, 0.1) is 5.41 Å². The molecule has 0 N–H and O–H groups in total. The van der Waals surface area contributed by atoms with Crippen molar-refractivity contribution in [3.8, 4) is 0 Å². The van der Waals surface area contributed by atoms with E-state index < -0.39 is 5.41 Å². The highest BCUT2D eigenvalue weighted by Crippen LogP contribution is 2.14. The molecule has 0 saturated heterocycles. The van der Waals surface area contributed by atoms with E-state index in [0.29, 0.717) is 33.0 Å². The highest BCUT2D eigenvalue weighted by Gasteiger charge is 2.22. The summed E-state index contributed by atoms with van der Waals surface area (Å²) in [6, 6.07) is 0. The van der Waals surface area contributed by atoms with E-state index in [9.17, 15) is 4.79 Å². The quantitative estimate of drug-likeness (QED) is 0.481. The standard InChI is InChI=1S/C11H22O4/c1-5-13-6-7-14-8-9-15-10(12)11(2,3)4/h5-9H2,1-4H3. The Morgan fingerprint density at radius 2 is 1.53 bits per heavy atom. The summed E-state index contributed by atoms with van der Waals surface area (Å²) >= 11 is 0. The maximum Gasteiger partial charge on any atom is 0.311 e. The molecule has 0 atom stereocenters. The Bertz CT molecular complexity index is 172. The summed E-state index contributed by atoms with van der Waals surface area (Å²) in [6.45, 7) is 9.97. The first-order valence-electron chi connectivity index (χ1n) is 5.31. The molecular weight excluding hydrogens is 196 g/mol. The minimum absolute atomic E-state index is 0.198. The van der Waals surface area contributed by atoms with E-state index in [4.69, 9.17) is 14.2 Å². The summed E-state index contributed by atoms with van der Waals surface area (Å²) in [6.07, 6.45) is 0. The maximum atomic E-state index is 11.3. The fraction of sp³-hybridized carbons (Fsp3) is 0.909. The number of esters is 1. The summed E-state index contributed by atoms with van der Waals surface area (Å²) in [5, 5.41) is 0. The average molecular weight is 218 g/mol. The Labute approximate surface area is 91.9 Å². The molecule has 4 heteroatoms. The Morgan fingerprint density at radius 1 is 1.00 bits per heavy atom. The van der Waals surface area contributed by atoms with Crippen molar-refractivity contribution >= 4 is 5.97 Å². The second-order valence-corrected chi connectivity index (χ2v) is 4.20. The number of ether oxygens (including phenoxy) is 3. The van der Waals surface area contributed by atoms with Gasteiger partial charge in [0.2, 0.25) is 0 Å². The molecule has 0 aliphatic rings. The van der Waals surface area contributed by atoms with E-state index in [0.717, 1.165) is 0 Å². The third-order valence-electron chi connectivity index (χ3n) is 1.65. The monoisotopic (exact) mass is 218 g/mol. The Balaban J connectivity index is 3.28. The van der Waals surface area contributed by atoms with Gasteiger partial charge in [-0.25, -0.2) is 0 Å². The van der Waals surface area contributed by atoms with Crippen LogP contribution < -0.4 is 0 Å². The molecule has 0 rings (SSSR count). The van der Waals surface area contributed by atoms with E-state index >= 15 is 0 Å². The molecule has 0 fully saturated rings. The minimum atomic E-state index is -0.439. The van der Waals surface area contributed by atoms with E-state index in [1.54, 1.807) is 0 Å². The first-order chi connectivity index (χ1) is 6.98. The summed E-state index contributed by atoms with van der Waals surface area (Å²) < 4.78 is 15.3. The van der Waals surface area contributed by atoms with E-state index in [1.165, 1.54) is 0 Å². The van der Waals surface area contributed by atoms with Crippen LogP contribution in [-0.2, 0) is 19.0 Å². The molecule has 0 unspecified atom stereocenters.